The van der Waals surface area contributed by atoms with Gasteiger partial charge in [0.15, 0.2) is 0 Å². The minimum Gasteiger partial charge on any atom is -0.395 e. The SMILES string of the molecule is NCc1cc(N)c(C(F)F)nc1[N+](=O)[O-]. The van der Waals surface area contributed by atoms with Crippen molar-refractivity contribution in [2.45, 2.75) is 13.0 Å². The van der Waals surface area contributed by atoms with Crippen LogP contribution in [0.25, 0.3) is 0 Å². The van der Waals surface area contributed by atoms with Crippen LogP contribution in [0, 0.1) is 10.1 Å². The number of hydrogen-bond donors (Lipinski definition) is 2. The standard InChI is InChI=1S/C7H8F2N4O2/c8-6(9)5-4(11)1-3(2-10)7(12-5)13(14)15/h1,6H,2,10-11H2. The number of halogens is 2. The number of alkyl halides is 2. The Labute approximate surface area is 83.0 Å². The van der Waals surface area contributed by atoms with E-state index in [0.717, 1.165) is 6.07 Å². The fourth-order valence-electron chi connectivity index (χ4n) is 1.06. The van der Waals surface area contributed by atoms with Gasteiger partial charge < -0.3 is 21.6 Å². The lowest BCUT2D eigenvalue weighted by Crippen LogP contribution is -2.08. The van der Waals surface area contributed by atoms with Crippen molar-refractivity contribution in [2.75, 3.05) is 5.73 Å². The first-order valence-electron chi connectivity index (χ1n) is 3.89. The second kappa shape index (κ2) is 4.13. The fraction of sp³-hybridized carbons (Fsp3) is 0.286. The van der Waals surface area contributed by atoms with Crippen LogP contribution in [-0.2, 0) is 6.54 Å². The number of nitro groups is 1. The number of nitrogens with two attached hydrogens (primary N) is 2. The van der Waals surface area contributed by atoms with Crippen molar-refractivity contribution in [3.63, 3.8) is 0 Å². The summed E-state index contributed by atoms with van der Waals surface area (Å²) in [7, 11) is 0. The molecule has 0 spiro atoms. The van der Waals surface area contributed by atoms with Crippen molar-refractivity contribution in [3.8, 4) is 0 Å². The highest BCUT2D eigenvalue weighted by Crippen LogP contribution is 2.27. The molecule has 0 atom stereocenters. The second-order valence-electron chi connectivity index (χ2n) is 2.71. The maximum absolute atomic E-state index is 12.3. The minimum absolute atomic E-state index is 0.0295. The van der Waals surface area contributed by atoms with Crippen LogP contribution >= 0.6 is 0 Å². The second-order valence-corrected chi connectivity index (χ2v) is 2.71. The molecule has 15 heavy (non-hydrogen) atoms. The van der Waals surface area contributed by atoms with Crippen LogP contribution in [0.2, 0.25) is 0 Å². The number of hydrogen-bond acceptors (Lipinski definition) is 5. The zero-order chi connectivity index (χ0) is 11.6. The molecule has 1 aromatic heterocycles. The average Bonchev–Trinajstić information content (AvgIpc) is 2.16. The van der Waals surface area contributed by atoms with E-state index in [1.165, 1.54) is 0 Å². The first kappa shape index (κ1) is 11.2. The summed E-state index contributed by atoms with van der Waals surface area (Å²) in [6, 6.07) is 1.05. The smallest absolute Gasteiger partial charge is 0.368 e. The molecule has 0 aliphatic rings. The van der Waals surface area contributed by atoms with E-state index in [-0.39, 0.29) is 17.8 Å². The number of rotatable bonds is 3. The molecule has 1 heterocycles. The number of nitrogens with zero attached hydrogens (tertiary/aromatic N) is 2. The van der Waals surface area contributed by atoms with Gasteiger partial charge in [-0.25, -0.2) is 8.78 Å². The van der Waals surface area contributed by atoms with E-state index in [1.807, 2.05) is 0 Å². The Morgan fingerprint density at radius 3 is 2.60 bits per heavy atom. The average molecular weight is 218 g/mol. The molecule has 0 aliphatic carbocycles. The third-order valence-electron chi connectivity index (χ3n) is 1.74. The molecule has 0 saturated carbocycles. The van der Waals surface area contributed by atoms with Crippen LogP contribution in [0.5, 0.6) is 0 Å². The summed E-state index contributed by atoms with van der Waals surface area (Å²) in [5.74, 6) is -0.679. The molecular formula is C7H8F2N4O2. The van der Waals surface area contributed by atoms with Crippen molar-refractivity contribution in [3.05, 3.63) is 27.4 Å². The van der Waals surface area contributed by atoms with Crippen molar-refractivity contribution in [2.24, 2.45) is 5.73 Å². The van der Waals surface area contributed by atoms with E-state index in [0.29, 0.717) is 0 Å². The molecule has 0 bridgehead atoms. The molecule has 0 saturated heterocycles. The topological polar surface area (TPSA) is 108 Å². The molecule has 0 fully saturated rings. The minimum atomic E-state index is -2.95. The van der Waals surface area contributed by atoms with E-state index < -0.39 is 22.9 Å². The van der Waals surface area contributed by atoms with Crippen LogP contribution in [0.4, 0.5) is 20.3 Å². The molecule has 1 rings (SSSR count). The van der Waals surface area contributed by atoms with Gasteiger partial charge in [-0.15, -0.1) is 0 Å². The highest BCUT2D eigenvalue weighted by molar-refractivity contribution is 5.51. The molecule has 0 amide bonds. The van der Waals surface area contributed by atoms with Crippen molar-refractivity contribution in [1.82, 2.24) is 4.98 Å². The Morgan fingerprint density at radius 1 is 1.60 bits per heavy atom. The molecule has 6 nitrogen and oxygen atoms in total. The maximum atomic E-state index is 12.3. The van der Waals surface area contributed by atoms with Gasteiger partial charge in [0.2, 0.25) is 5.69 Å². The van der Waals surface area contributed by atoms with Gasteiger partial charge in [-0.2, -0.15) is 0 Å². The highest BCUT2D eigenvalue weighted by Gasteiger charge is 2.25. The summed E-state index contributed by atoms with van der Waals surface area (Å²) >= 11 is 0. The Kier molecular flexibility index (Phi) is 3.10. The molecule has 82 valence electrons. The fourth-order valence-corrected chi connectivity index (χ4v) is 1.06. The summed E-state index contributed by atoms with van der Waals surface area (Å²) in [6.45, 7) is -0.184. The third-order valence-corrected chi connectivity index (χ3v) is 1.74. The van der Waals surface area contributed by atoms with Crippen molar-refractivity contribution < 1.29 is 13.7 Å². The Bertz CT molecular complexity index is 397. The Morgan fingerprint density at radius 2 is 2.20 bits per heavy atom. The Hall–Kier alpha value is -1.83. The van der Waals surface area contributed by atoms with E-state index in [1.54, 1.807) is 0 Å². The molecule has 0 aliphatic heterocycles. The molecule has 0 unspecified atom stereocenters. The van der Waals surface area contributed by atoms with Crippen LogP contribution in [0.3, 0.4) is 0 Å². The van der Waals surface area contributed by atoms with Crippen molar-refractivity contribution in [1.29, 1.82) is 0 Å². The van der Waals surface area contributed by atoms with E-state index in [4.69, 9.17) is 11.5 Å². The van der Waals surface area contributed by atoms with Gasteiger partial charge in [0, 0.05) is 6.54 Å². The quantitative estimate of drug-likeness (QED) is 0.580. The molecule has 1 aromatic rings. The maximum Gasteiger partial charge on any atom is 0.368 e. The predicted octanol–water partition coefficient (Wildman–Crippen LogP) is 0.968. The summed E-state index contributed by atoms with van der Waals surface area (Å²) in [6.07, 6.45) is -2.95. The first-order valence-corrected chi connectivity index (χ1v) is 3.89. The molecule has 0 radical (unpaired) electrons. The van der Waals surface area contributed by atoms with Crippen molar-refractivity contribution >= 4 is 11.5 Å². The lowest BCUT2D eigenvalue weighted by Gasteiger charge is -2.03. The summed E-state index contributed by atoms with van der Waals surface area (Å²) in [4.78, 5) is 12.8. The van der Waals surface area contributed by atoms with E-state index >= 15 is 0 Å². The number of aromatic nitrogens is 1. The number of nitrogen functional groups attached to an aromatic ring is 1. The largest absolute Gasteiger partial charge is 0.395 e. The summed E-state index contributed by atoms with van der Waals surface area (Å²) in [5, 5.41) is 10.5. The molecule has 0 aromatic carbocycles. The van der Waals surface area contributed by atoms with Gasteiger partial charge in [-0.1, -0.05) is 0 Å². The zero-order valence-corrected chi connectivity index (χ0v) is 7.48. The first-order chi connectivity index (χ1) is 6.97. The van der Waals surface area contributed by atoms with Gasteiger partial charge in [-0.3, -0.25) is 0 Å². The normalized spacial score (nSPS) is 10.7. The lowest BCUT2D eigenvalue weighted by atomic mass is 10.2. The van der Waals surface area contributed by atoms with Crippen LogP contribution in [0.1, 0.15) is 17.7 Å². The number of pyridine rings is 1. The van der Waals surface area contributed by atoms with Crippen LogP contribution in [-0.4, -0.2) is 9.91 Å². The van der Waals surface area contributed by atoms with E-state index in [2.05, 4.69) is 4.98 Å². The molecule has 4 N–H and O–H groups in total. The van der Waals surface area contributed by atoms with Crippen LogP contribution in [0.15, 0.2) is 6.07 Å². The molecule has 8 heteroatoms. The van der Waals surface area contributed by atoms with Gasteiger partial charge in [0.05, 0.1) is 11.3 Å². The van der Waals surface area contributed by atoms with E-state index in [9.17, 15) is 18.9 Å². The number of anilines is 1. The zero-order valence-electron chi connectivity index (χ0n) is 7.48. The van der Waals surface area contributed by atoms with Gasteiger partial charge in [0.25, 0.3) is 0 Å². The lowest BCUT2D eigenvalue weighted by molar-refractivity contribution is -0.390. The summed E-state index contributed by atoms with van der Waals surface area (Å²) < 4.78 is 24.6. The predicted molar refractivity (Wildman–Crippen MR) is 48.2 cm³/mol. The third kappa shape index (κ3) is 2.15. The van der Waals surface area contributed by atoms with Crippen LogP contribution < -0.4 is 11.5 Å². The molecular weight excluding hydrogens is 210 g/mol. The van der Waals surface area contributed by atoms with Gasteiger partial charge >= 0.3 is 12.2 Å². The summed E-state index contributed by atoms with van der Waals surface area (Å²) in [5.41, 5.74) is 9.38. The van der Waals surface area contributed by atoms with Gasteiger partial charge in [0.1, 0.15) is 0 Å². The monoisotopic (exact) mass is 218 g/mol. The van der Waals surface area contributed by atoms with Gasteiger partial charge in [-0.05, 0) is 16.0 Å². The Balaban J connectivity index is 3.37. The highest BCUT2D eigenvalue weighted by atomic mass is 19.3.